The van der Waals surface area contributed by atoms with Crippen LogP contribution in [0, 0.1) is 0 Å². The maximum atomic E-state index is 9.60. The van der Waals surface area contributed by atoms with E-state index in [1.54, 1.807) is 0 Å². The normalized spacial score (nSPS) is 19.2. The summed E-state index contributed by atoms with van der Waals surface area (Å²) in [5.41, 5.74) is 0.834. The van der Waals surface area contributed by atoms with Crippen LogP contribution in [-0.4, -0.2) is 42.8 Å². The lowest BCUT2D eigenvalue weighted by atomic mass is 10.0. The molecule has 0 saturated carbocycles. The van der Waals surface area contributed by atoms with Crippen molar-refractivity contribution < 1.29 is 5.11 Å². The molecule has 2 rings (SSSR count). The van der Waals surface area contributed by atoms with Gasteiger partial charge in [-0.05, 0) is 12.1 Å². The van der Waals surface area contributed by atoms with Gasteiger partial charge in [0.05, 0.1) is 12.6 Å². The number of hydrogen-bond donors (Lipinski definition) is 2. The Morgan fingerprint density at radius 3 is 2.35 bits per heavy atom. The molecule has 1 atom stereocenters. The SMILES string of the molecule is OCC(c1c(Cl)cccc1Cl)N1CCNCC1. The van der Waals surface area contributed by atoms with E-state index in [2.05, 4.69) is 10.2 Å². The van der Waals surface area contributed by atoms with Crippen LogP contribution in [0.25, 0.3) is 0 Å². The highest BCUT2D eigenvalue weighted by Gasteiger charge is 2.25. The van der Waals surface area contributed by atoms with Gasteiger partial charge >= 0.3 is 0 Å². The molecule has 94 valence electrons. The Morgan fingerprint density at radius 2 is 1.82 bits per heavy atom. The van der Waals surface area contributed by atoms with Gasteiger partial charge in [-0.3, -0.25) is 4.90 Å². The van der Waals surface area contributed by atoms with Crippen molar-refractivity contribution in [1.82, 2.24) is 10.2 Å². The molecule has 0 spiro atoms. The minimum atomic E-state index is -0.113. The molecule has 0 aliphatic carbocycles. The van der Waals surface area contributed by atoms with E-state index in [9.17, 15) is 5.11 Å². The molecule has 5 heteroatoms. The number of benzene rings is 1. The summed E-state index contributed by atoms with van der Waals surface area (Å²) in [5, 5.41) is 14.1. The summed E-state index contributed by atoms with van der Waals surface area (Å²) in [6, 6.07) is 5.33. The zero-order chi connectivity index (χ0) is 12.3. The van der Waals surface area contributed by atoms with Gasteiger partial charge in [0.2, 0.25) is 0 Å². The fraction of sp³-hybridized carbons (Fsp3) is 0.500. The maximum Gasteiger partial charge on any atom is 0.0629 e. The van der Waals surface area contributed by atoms with Gasteiger partial charge in [0, 0.05) is 41.8 Å². The Balaban J connectivity index is 2.27. The third-order valence-corrected chi connectivity index (χ3v) is 3.76. The summed E-state index contributed by atoms with van der Waals surface area (Å²) in [6.45, 7) is 3.68. The third-order valence-electron chi connectivity index (χ3n) is 3.10. The van der Waals surface area contributed by atoms with Gasteiger partial charge in [-0.15, -0.1) is 0 Å². The second kappa shape index (κ2) is 6.03. The van der Waals surface area contributed by atoms with Crippen molar-refractivity contribution in [3.8, 4) is 0 Å². The smallest absolute Gasteiger partial charge is 0.0629 e. The predicted octanol–water partition coefficient (Wildman–Crippen LogP) is 1.93. The number of halogens is 2. The van der Waals surface area contributed by atoms with Gasteiger partial charge < -0.3 is 10.4 Å². The Hall–Kier alpha value is -0.320. The standard InChI is InChI=1S/C12H16Cl2N2O/c13-9-2-1-3-10(14)12(9)11(8-17)16-6-4-15-5-7-16/h1-3,11,15,17H,4-8H2. The molecular formula is C12H16Cl2N2O. The van der Waals surface area contributed by atoms with Gasteiger partial charge in [-0.2, -0.15) is 0 Å². The van der Waals surface area contributed by atoms with Crippen LogP contribution in [0.1, 0.15) is 11.6 Å². The second-order valence-corrected chi connectivity index (χ2v) is 4.93. The average molecular weight is 275 g/mol. The van der Waals surface area contributed by atoms with Crippen molar-refractivity contribution in [3.05, 3.63) is 33.8 Å². The molecule has 0 radical (unpaired) electrons. The lowest BCUT2D eigenvalue weighted by molar-refractivity contribution is 0.111. The predicted molar refractivity (Wildman–Crippen MR) is 70.7 cm³/mol. The Bertz CT molecular complexity index is 361. The van der Waals surface area contributed by atoms with Gasteiger partial charge in [-0.1, -0.05) is 29.3 Å². The summed E-state index contributed by atoms with van der Waals surface area (Å²) in [6.07, 6.45) is 0. The quantitative estimate of drug-likeness (QED) is 0.884. The minimum absolute atomic E-state index is 0.0312. The van der Waals surface area contributed by atoms with Crippen molar-refractivity contribution >= 4 is 23.2 Å². The molecule has 1 fully saturated rings. The molecule has 1 aromatic rings. The van der Waals surface area contributed by atoms with E-state index in [4.69, 9.17) is 23.2 Å². The first-order chi connectivity index (χ1) is 8.24. The fourth-order valence-corrected chi connectivity index (χ4v) is 2.86. The van der Waals surface area contributed by atoms with Gasteiger partial charge in [0.25, 0.3) is 0 Å². The molecule has 3 nitrogen and oxygen atoms in total. The first-order valence-electron chi connectivity index (χ1n) is 5.73. The van der Waals surface area contributed by atoms with Crippen molar-refractivity contribution in [3.63, 3.8) is 0 Å². The van der Waals surface area contributed by atoms with Crippen LogP contribution in [0.3, 0.4) is 0 Å². The number of hydrogen-bond acceptors (Lipinski definition) is 3. The van der Waals surface area contributed by atoms with Crippen molar-refractivity contribution in [2.75, 3.05) is 32.8 Å². The van der Waals surface area contributed by atoms with Gasteiger partial charge in [-0.25, -0.2) is 0 Å². The summed E-state index contributed by atoms with van der Waals surface area (Å²) in [4.78, 5) is 2.21. The van der Waals surface area contributed by atoms with Crippen LogP contribution in [0.4, 0.5) is 0 Å². The van der Waals surface area contributed by atoms with Crippen LogP contribution in [0.2, 0.25) is 10.0 Å². The minimum Gasteiger partial charge on any atom is -0.394 e. The molecule has 1 saturated heterocycles. The van der Waals surface area contributed by atoms with E-state index < -0.39 is 0 Å². The van der Waals surface area contributed by atoms with Crippen LogP contribution in [-0.2, 0) is 0 Å². The van der Waals surface area contributed by atoms with E-state index in [-0.39, 0.29) is 12.6 Å². The number of nitrogens with one attached hydrogen (secondary N) is 1. The zero-order valence-electron chi connectivity index (χ0n) is 9.50. The van der Waals surface area contributed by atoms with Gasteiger partial charge in [0.1, 0.15) is 0 Å². The maximum absolute atomic E-state index is 9.60. The van der Waals surface area contributed by atoms with E-state index in [1.165, 1.54) is 0 Å². The highest BCUT2D eigenvalue weighted by molar-refractivity contribution is 6.36. The molecule has 1 aliphatic heterocycles. The van der Waals surface area contributed by atoms with Crippen LogP contribution >= 0.6 is 23.2 Å². The summed E-state index contributed by atoms with van der Waals surface area (Å²) in [7, 11) is 0. The Kier molecular flexibility index (Phi) is 4.65. The summed E-state index contributed by atoms with van der Waals surface area (Å²) >= 11 is 12.4. The zero-order valence-corrected chi connectivity index (χ0v) is 11.0. The molecule has 0 amide bonds. The lowest BCUT2D eigenvalue weighted by Gasteiger charge is -2.34. The van der Waals surface area contributed by atoms with Gasteiger partial charge in [0.15, 0.2) is 0 Å². The largest absolute Gasteiger partial charge is 0.394 e. The molecule has 1 aliphatic rings. The molecule has 1 heterocycles. The number of rotatable bonds is 3. The number of piperazine rings is 1. The number of aliphatic hydroxyl groups excluding tert-OH is 1. The molecule has 17 heavy (non-hydrogen) atoms. The summed E-state index contributed by atoms with van der Waals surface area (Å²) in [5.74, 6) is 0. The molecule has 0 bridgehead atoms. The first-order valence-corrected chi connectivity index (χ1v) is 6.49. The molecule has 0 aromatic heterocycles. The van der Waals surface area contributed by atoms with Crippen LogP contribution in [0.15, 0.2) is 18.2 Å². The Morgan fingerprint density at radius 1 is 1.24 bits per heavy atom. The molecular weight excluding hydrogens is 259 g/mol. The molecule has 1 unspecified atom stereocenters. The average Bonchev–Trinajstić information content (AvgIpc) is 2.35. The monoisotopic (exact) mass is 274 g/mol. The lowest BCUT2D eigenvalue weighted by Crippen LogP contribution is -2.46. The number of aliphatic hydroxyl groups is 1. The highest BCUT2D eigenvalue weighted by atomic mass is 35.5. The van der Waals surface area contributed by atoms with E-state index >= 15 is 0 Å². The van der Waals surface area contributed by atoms with Crippen molar-refractivity contribution in [1.29, 1.82) is 0 Å². The fourth-order valence-electron chi connectivity index (χ4n) is 2.21. The third kappa shape index (κ3) is 2.92. The second-order valence-electron chi connectivity index (χ2n) is 4.12. The van der Waals surface area contributed by atoms with E-state index in [0.717, 1.165) is 31.7 Å². The van der Waals surface area contributed by atoms with E-state index in [0.29, 0.717) is 10.0 Å². The highest BCUT2D eigenvalue weighted by Crippen LogP contribution is 2.33. The number of nitrogens with zero attached hydrogens (tertiary/aromatic N) is 1. The first kappa shape index (κ1) is 13.1. The molecule has 1 aromatic carbocycles. The molecule has 2 N–H and O–H groups in total. The van der Waals surface area contributed by atoms with Crippen LogP contribution < -0.4 is 5.32 Å². The topological polar surface area (TPSA) is 35.5 Å². The summed E-state index contributed by atoms with van der Waals surface area (Å²) < 4.78 is 0. The Labute approximate surface area is 111 Å². The van der Waals surface area contributed by atoms with Crippen molar-refractivity contribution in [2.24, 2.45) is 0 Å². The van der Waals surface area contributed by atoms with Crippen molar-refractivity contribution in [2.45, 2.75) is 6.04 Å². The van der Waals surface area contributed by atoms with E-state index in [1.807, 2.05) is 18.2 Å². The van der Waals surface area contributed by atoms with Crippen LogP contribution in [0.5, 0.6) is 0 Å².